The molecular weight excluding hydrogens is 508 g/mol. The number of Topliss-reactive ketones (excluding diaryl/α,β-unsaturated/α-hetero) is 4. The number of benzene rings is 2. The van der Waals surface area contributed by atoms with Crippen LogP contribution in [0.3, 0.4) is 0 Å². The molecule has 5 rings (SSSR count). The van der Waals surface area contributed by atoms with E-state index in [-0.39, 0.29) is 24.0 Å². The minimum absolute atomic E-state index is 0.0179. The van der Waals surface area contributed by atoms with E-state index in [1.165, 1.54) is 37.2 Å². The molecule has 2 aromatic rings. The van der Waals surface area contributed by atoms with Crippen LogP contribution in [0.1, 0.15) is 32.7 Å². The molecule has 2 aromatic carbocycles. The first-order valence-corrected chi connectivity index (χ1v) is 12.3. The number of phenols is 1. The van der Waals surface area contributed by atoms with Crippen molar-refractivity contribution in [1.29, 1.82) is 0 Å². The van der Waals surface area contributed by atoms with E-state index in [9.17, 15) is 44.1 Å². The first-order valence-electron chi connectivity index (χ1n) is 12.3. The van der Waals surface area contributed by atoms with Gasteiger partial charge in [0, 0.05) is 5.92 Å². The number of aromatic carboxylic acids is 1. The van der Waals surface area contributed by atoms with Crippen LogP contribution >= 0.6 is 0 Å². The Morgan fingerprint density at radius 1 is 1.05 bits per heavy atom. The molecule has 3 aliphatic rings. The van der Waals surface area contributed by atoms with Gasteiger partial charge < -0.3 is 21.1 Å². The number of nitrogens with zero attached hydrogens (tertiary/aromatic N) is 1. The lowest BCUT2D eigenvalue weighted by molar-refractivity contribution is -0.181. The Kier molecular flexibility index (Phi) is 6.04. The van der Waals surface area contributed by atoms with Gasteiger partial charge in [-0.05, 0) is 67.7 Å². The third-order valence-electron chi connectivity index (χ3n) is 8.37. The Morgan fingerprint density at radius 3 is 2.36 bits per heavy atom. The molecule has 11 nitrogen and oxygen atoms in total. The number of ketones is 4. The maximum Gasteiger partial charge on any atom is 0.335 e. The smallest absolute Gasteiger partial charge is 0.335 e. The fourth-order valence-electron chi connectivity index (χ4n) is 6.69. The largest absolute Gasteiger partial charge is 0.507 e. The van der Waals surface area contributed by atoms with E-state index in [1.54, 1.807) is 18.2 Å². The van der Waals surface area contributed by atoms with E-state index in [0.29, 0.717) is 16.7 Å². The molecule has 0 radical (unpaired) electrons. The average molecular weight is 535 g/mol. The normalized spacial score (nSPS) is 30.0. The summed E-state index contributed by atoms with van der Waals surface area (Å²) in [6.45, 7) is 0. The number of phenolic OH excluding ortho intramolecular Hbond substituents is 1. The number of aliphatic hydroxyl groups is 1. The van der Waals surface area contributed by atoms with Gasteiger partial charge in [0.15, 0.2) is 34.7 Å². The van der Waals surface area contributed by atoms with Gasteiger partial charge in [-0.3, -0.25) is 28.9 Å². The Hall–Kier alpha value is -4.22. The van der Waals surface area contributed by atoms with Crippen molar-refractivity contribution < 1.29 is 44.1 Å². The molecule has 1 amide bonds. The van der Waals surface area contributed by atoms with Gasteiger partial charge in [-0.2, -0.15) is 0 Å². The number of carbonyl (C=O) groups excluding carboxylic acids is 5. The fourth-order valence-corrected chi connectivity index (χ4v) is 6.69. The van der Waals surface area contributed by atoms with Crippen molar-refractivity contribution in [2.24, 2.45) is 29.4 Å². The van der Waals surface area contributed by atoms with Gasteiger partial charge in [0.25, 0.3) is 0 Å². The zero-order chi connectivity index (χ0) is 28.5. The summed E-state index contributed by atoms with van der Waals surface area (Å²) in [6.07, 6.45) is 0.00102. The highest BCUT2D eigenvalue weighted by Crippen LogP contribution is 2.51. The second kappa shape index (κ2) is 8.92. The van der Waals surface area contributed by atoms with Crippen molar-refractivity contribution in [3.8, 4) is 16.9 Å². The number of hydrogen-bond acceptors (Lipinski definition) is 9. The quantitative estimate of drug-likeness (QED) is 0.395. The molecule has 0 heterocycles. The topological polar surface area (TPSA) is 192 Å². The summed E-state index contributed by atoms with van der Waals surface area (Å²) in [6, 6.07) is 7.68. The SMILES string of the molecule is CN(C)[C@@H]1C(=O)C(C(N)=O)C(=O)[C@@]2(O)C(=O)C3C(=O)c4c(O)ccc(-c5cccc(C(=O)O)c5)c4C[C@H]3C[C@@H]12. The Balaban J connectivity index is 1.66. The zero-order valence-electron chi connectivity index (χ0n) is 21.1. The van der Waals surface area contributed by atoms with Crippen molar-refractivity contribution in [1.82, 2.24) is 4.90 Å². The molecule has 0 saturated heterocycles. The second-order valence-corrected chi connectivity index (χ2v) is 10.7. The number of carbonyl (C=O) groups is 6. The Morgan fingerprint density at radius 2 is 1.74 bits per heavy atom. The Bertz CT molecular complexity index is 1500. The number of carboxylic acids is 1. The third-order valence-corrected chi connectivity index (χ3v) is 8.37. The highest BCUT2D eigenvalue weighted by Gasteiger charge is 2.69. The highest BCUT2D eigenvalue weighted by atomic mass is 16.4. The number of nitrogens with two attached hydrogens (primary N) is 1. The summed E-state index contributed by atoms with van der Waals surface area (Å²) in [4.78, 5) is 79.2. The van der Waals surface area contributed by atoms with E-state index in [0.717, 1.165) is 0 Å². The van der Waals surface area contributed by atoms with Gasteiger partial charge in [0.1, 0.15) is 5.75 Å². The molecule has 39 heavy (non-hydrogen) atoms. The van der Waals surface area contributed by atoms with Crippen LogP contribution in [0.2, 0.25) is 0 Å². The third kappa shape index (κ3) is 3.64. The number of fused-ring (bicyclic) bond motifs is 3. The van der Waals surface area contributed by atoms with E-state index < -0.39 is 76.1 Å². The molecule has 0 spiro atoms. The molecule has 11 heteroatoms. The van der Waals surface area contributed by atoms with Crippen LogP contribution in [-0.4, -0.2) is 81.0 Å². The van der Waals surface area contributed by atoms with Crippen molar-refractivity contribution in [2.45, 2.75) is 24.5 Å². The van der Waals surface area contributed by atoms with Crippen LogP contribution in [-0.2, 0) is 25.6 Å². The standard InChI is InChI=1S/C28H26N2O9/c1-30(2)21-16-10-13-9-15-14(11-4-3-5-12(8-11)27(37)38)6-7-17(31)19(15)22(32)18(13)24(34)28(16,39)25(35)20(23(21)33)26(29)36/h3-8,13,16,18,20-21,31,39H,9-10H2,1-2H3,(H2,29,36)(H,37,38)/t13-,16-,18?,20?,21-,28-/m0/s1. The molecular formula is C28H26N2O9. The maximum absolute atomic E-state index is 13.9. The summed E-state index contributed by atoms with van der Waals surface area (Å²) in [5, 5.41) is 31.7. The van der Waals surface area contributed by atoms with E-state index in [4.69, 9.17) is 5.73 Å². The van der Waals surface area contributed by atoms with E-state index in [2.05, 4.69) is 0 Å². The first-order chi connectivity index (χ1) is 18.3. The minimum atomic E-state index is -2.79. The molecule has 0 aromatic heterocycles. The van der Waals surface area contributed by atoms with Gasteiger partial charge in [0.2, 0.25) is 5.91 Å². The number of amides is 1. The predicted molar refractivity (Wildman–Crippen MR) is 134 cm³/mol. The molecule has 2 saturated carbocycles. The summed E-state index contributed by atoms with van der Waals surface area (Å²) >= 11 is 0. The summed E-state index contributed by atoms with van der Waals surface area (Å²) in [5.74, 6) is -12.4. The monoisotopic (exact) mass is 534 g/mol. The van der Waals surface area contributed by atoms with Crippen molar-refractivity contribution in [3.05, 3.63) is 53.1 Å². The molecule has 2 unspecified atom stereocenters. The number of hydrogen-bond donors (Lipinski definition) is 4. The summed E-state index contributed by atoms with van der Waals surface area (Å²) in [7, 11) is 3.03. The minimum Gasteiger partial charge on any atom is -0.507 e. The molecule has 0 bridgehead atoms. The second-order valence-electron chi connectivity index (χ2n) is 10.7. The van der Waals surface area contributed by atoms with Gasteiger partial charge >= 0.3 is 5.97 Å². The van der Waals surface area contributed by atoms with Gasteiger partial charge in [-0.1, -0.05) is 18.2 Å². The molecule has 0 aliphatic heterocycles. The molecule has 3 aliphatic carbocycles. The summed E-state index contributed by atoms with van der Waals surface area (Å²) in [5.41, 5.74) is 3.76. The molecule has 6 atom stereocenters. The van der Waals surface area contributed by atoms with Crippen LogP contribution in [0.5, 0.6) is 5.75 Å². The highest BCUT2D eigenvalue weighted by molar-refractivity contribution is 6.32. The lowest BCUT2D eigenvalue weighted by Crippen LogP contribution is -2.74. The van der Waals surface area contributed by atoms with Gasteiger partial charge in [0.05, 0.1) is 23.1 Å². The Labute approximate surface area is 222 Å². The number of primary amides is 1. The summed E-state index contributed by atoms with van der Waals surface area (Å²) < 4.78 is 0. The lowest BCUT2D eigenvalue weighted by atomic mass is 9.52. The number of likely N-dealkylation sites (N-methyl/N-ethyl adjacent to an activating group) is 1. The number of rotatable bonds is 4. The predicted octanol–water partition coefficient (Wildman–Crippen LogP) is 0.232. The van der Waals surface area contributed by atoms with Crippen LogP contribution < -0.4 is 5.73 Å². The van der Waals surface area contributed by atoms with Gasteiger partial charge in [-0.15, -0.1) is 0 Å². The van der Waals surface area contributed by atoms with Crippen molar-refractivity contribution >= 4 is 35.0 Å². The van der Waals surface area contributed by atoms with E-state index >= 15 is 0 Å². The van der Waals surface area contributed by atoms with Crippen LogP contribution in [0.25, 0.3) is 11.1 Å². The lowest BCUT2D eigenvalue weighted by Gasteiger charge is -2.52. The zero-order valence-corrected chi connectivity index (χ0v) is 21.1. The van der Waals surface area contributed by atoms with Crippen LogP contribution in [0, 0.1) is 23.7 Å². The molecule has 2 fully saturated rings. The van der Waals surface area contributed by atoms with E-state index in [1.807, 2.05) is 0 Å². The number of aromatic hydroxyl groups is 1. The average Bonchev–Trinajstić information content (AvgIpc) is 2.86. The van der Waals surface area contributed by atoms with Crippen molar-refractivity contribution in [2.75, 3.05) is 14.1 Å². The first kappa shape index (κ1) is 26.4. The maximum atomic E-state index is 13.9. The van der Waals surface area contributed by atoms with Crippen molar-refractivity contribution in [3.63, 3.8) is 0 Å². The molecule has 5 N–H and O–H groups in total. The molecule has 202 valence electrons. The van der Waals surface area contributed by atoms with Crippen LogP contribution in [0.15, 0.2) is 36.4 Å². The van der Waals surface area contributed by atoms with Gasteiger partial charge in [-0.25, -0.2) is 4.79 Å². The van der Waals surface area contributed by atoms with Crippen LogP contribution in [0.4, 0.5) is 0 Å². The fraction of sp³-hybridized carbons (Fsp3) is 0.357. The number of carboxylic acid groups (broad SMARTS) is 1.